The molecular formula is C14H14N6O2. The van der Waals surface area contributed by atoms with Crippen molar-refractivity contribution in [1.82, 2.24) is 19.9 Å². The van der Waals surface area contributed by atoms with E-state index in [2.05, 4.69) is 25.3 Å². The van der Waals surface area contributed by atoms with Crippen LogP contribution in [0.2, 0.25) is 0 Å². The topological polar surface area (TPSA) is 130 Å². The van der Waals surface area contributed by atoms with Crippen LogP contribution in [-0.2, 0) is 11.2 Å². The van der Waals surface area contributed by atoms with Gasteiger partial charge in [-0.25, -0.2) is 9.97 Å². The Morgan fingerprint density at radius 1 is 1.36 bits per heavy atom. The van der Waals surface area contributed by atoms with E-state index < -0.39 is 11.9 Å². The fraction of sp³-hybridized carbons (Fsp3) is 0.143. The largest absolute Gasteiger partial charge is 0.368 e. The third kappa shape index (κ3) is 2.80. The second-order valence-corrected chi connectivity index (χ2v) is 4.80. The maximum atomic E-state index is 11.6. The number of carbonyl (C=O) groups excluding carboxylic acids is 2. The number of carbonyl (C=O) groups is 2. The average Bonchev–Trinajstić information content (AvgIpc) is 3.12. The lowest BCUT2D eigenvalue weighted by Gasteiger charge is -2.13. The highest BCUT2D eigenvalue weighted by Crippen LogP contribution is 2.14. The van der Waals surface area contributed by atoms with Gasteiger partial charge in [-0.15, -0.1) is 0 Å². The molecule has 1 aromatic carbocycles. The number of amides is 1. The zero-order valence-corrected chi connectivity index (χ0v) is 11.5. The number of imidazole rings is 2. The van der Waals surface area contributed by atoms with Crippen molar-refractivity contribution in [2.45, 2.75) is 12.5 Å². The lowest BCUT2D eigenvalue weighted by molar-refractivity contribution is -0.118. The number of benzene rings is 1. The van der Waals surface area contributed by atoms with Gasteiger partial charge in [0.15, 0.2) is 12.1 Å². The number of anilines is 1. The summed E-state index contributed by atoms with van der Waals surface area (Å²) in [7, 11) is 0. The van der Waals surface area contributed by atoms with Gasteiger partial charge in [0.25, 0.3) is 0 Å². The molecule has 8 nitrogen and oxygen atoms in total. The summed E-state index contributed by atoms with van der Waals surface area (Å²) in [5.41, 5.74) is 7.63. The molecule has 1 amide bonds. The summed E-state index contributed by atoms with van der Waals surface area (Å²) < 4.78 is 0. The molecule has 0 saturated heterocycles. The van der Waals surface area contributed by atoms with E-state index in [1.165, 1.54) is 0 Å². The third-order valence-corrected chi connectivity index (χ3v) is 3.22. The molecule has 0 aliphatic heterocycles. The van der Waals surface area contributed by atoms with Gasteiger partial charge in [-0.3, -0.25) is 9.59 Å². The molecule has 3 aromatic rings. The fourth-order valence-electron chi connectivity index (χ4n) is 2.16. The van der Waals surface area contributed by atoms with E-state index in [1.54, 1.807) is 6.20 Å². The van der Waals surface area contributed by atoms with Crippen LogP contribution in [-0.4, -0.2) is 38.2 Å². The lowest BCUT2D eigenvalue weighted by atomic mass is 10.1. The Kier molecular flexibility index (Phi) is 3.57. The number of nitrogens with two attached hydrogens (primary N) is 1. The monoisotopic (exact) mass is 298 g/mol. The zero-order chi connectivity index (χ0) is 15.5. The molecule has 0 saturated carbocycles. The summed E-state index contributed by atoms with van der Waals surface area (Å²) in [6, 6.07) is 6.82. The van der Waals surface area contributed by atoms with Gasteiger partial charge < -0.3 is 21.0 Å². The molecular weight excluding hydrogens is 284 g/mol. The van der Waals surface area contributed by atoms with E-state index in [0.29, 0.717) is 17.9 Å². The molecule has 1 atom stereocenters. The lowest BCUT2D eigenvalue weighted by Crippen LogP contribution is -2.37. The molecule has 112 valence electrons. The molecule has 8 heteroatoms. The summed E-state index contributed by atoms with van der Waals surface area (Å²) in [5, 5.41) is 2.96. The first-order valence-electron chi connectivity index (χ1n) is 6.66. The van der Waals surface area contributed by atoms with Gasteiger partial charge in [-0.2, -0.15) is 0 Å². The van der Waals surface area contributed by atoms with Crippen molar-refractivity contribution in [3.63, 3.8) is 0 Å². The summed E-state index contributed by atoms with van der Waals surface area (Å²) >= 11 is 0. The number of fused-ring (bicyclic) bond motifs is 1. The molecule has 5 N–H and O–H groups in total. The summed E-state index contributed by atoms with van der Waals surface area (Å²) in [6.45, 7) is 0. The number of aromatic amines is 2. The van der Waals surface area contributed by atoms with Gasteiger partial charge in [0.05, 0.1) is 16.7 Å². The van der Waals surface area contributed by atoms with Crippen LogP contribution in [0.3, 0.4) is 0 Å². The van der Waals surface area contributed by atoms with Crippen LogP contribution in [0.4, 0.5) is 5.95 Å². The van der Waals surface area contributed by atoms with Crippen LogP contribution in [0.25, 0.3) is 11.0 Å². The maximum Gasteiger partial charge on any atom is 0.240 e. The van der Waals surface area contributed by atoms with E-state index in [4.69, 9.17) is 5.73 Å². The number of nitrogens with one attached hydrogen (secondary N) is 3. The van der Waals surface area contributed by atoms with E-state index in [9.17, 15) is 9.59 Å². The first-order chi connectivity index (χ1) is 10.7. The van der Waals surface area contributed by atoms with Gasteiger partial charge in [0.2, 0.25) is 11.9 Å². The van der Waals surface area contributed by atoms with Crippen LogP contribution < -0.4 is 11.1 Å². The molecule has 2 heterocycles. The molecule has 2 aromatic heterocycles. The highest BCUT2D eigenvalue weighted by atomic mass is 16.1. The standard InChI is InChI=1S/C14H14N6O2/c15-13(22)11(5-8-6-16-12(7-21)17-8)20-14-18-9-3-1-2-4-10(9)19-14/h1-4,6-7,11H,5H2,(H2,15,22)(H,16,17)(H2,18,19,20)/t11-/m0/s1. The molecule has 0 spiro atoms. The summed E-state index contributed by atoms with van der Waals surface area (Å²) in [5.74, 6) is 0.134. The van der Waals surface area contributed by atoms with Crippen LogP contribution in [0.5, 0.6) is 0 Å². The average molecular weight is 298 g/mol. The van der Waals surface area contributed by atoms with Gasteiger partial charge in [-0.1, -0.05) is 12.1 Å². The van der Waals surface area contributed by atoms with Crippen LogP contribution in [0.1, 0.15) is 16.3 Å². The molecule has 0 bridgehead atoms. The molecule has 0 fully saturated rings. The fourth-order valence-corrected chi connectivity index (χ4v) is 2.16. The minimum absolute atomic E-state index is 0.210. The van der Waals surface area contributed by atoms with Crippen molar-refractivity contribution < 1.29 is 9.59 Å². The summed E-state index contributed by atoms with van der Waals surface area (Å²) in [4.78, 5) is 36.4. The van der Waals surface area contributed by atoms with Crippen LogP contribution in [0.15, 0.2) is 30.5 Å². The van der Waals surface area contributed by atoms with Gasteiger partial charge in [0.1, 0.15) is 6.04 Å². The van der Waals surface area contributed by atoms with E-state index in [-0.39, 0.29) is 12.2 Å². The number of rotatable bonds is 6. The predicted octanol–water partition coefficient (Wildman–Crippen LogP) is 0.607. The predicted molar refractivity (Wildman–Crippen MR) is 80.4 cm³/mol. The van der Waals surface area contributed by atoms with E-state index in [1.807, 2.05) is 24.3 Å². The smallest absolute Gasteiger partial charge is 0.240 e. The molecule has 0 aliphatic carbocycles. The highest BCUT2D eigenvalue weighted by molar-refractivity contribution is 5.84. The van der Waals surface area contributed by atoms with E-state index >= 15 is 0 Å². The normalized spacial score (nSPS) is 12.2. The maximum absolute atomic E-state index is 11.6. The Bertz CT molecular complexity index is 788. The van der Waals surface area contributed by atoms with Crippen LogP contribution >= 0.6 is 0 Å². The van der Waals surface area contributed by atoms with Gasteiger partial charge in [-0.05, 0) is 12.1 Å². The van der Waals surface area contributed by atoms with Gasteiger partial charge >= 0.3 is 0 Å². The summed E-state index contributed by atoms with van der Waals surface area (Å²) in [6.07, 6.45) is 2.42. The number of aromatic nitrogens is 4. The Hall–Kier alpha value is -3.16. The number of nitrogens with zero attached hydrogens (tertiary/aromatic N) is 2. The Labute approximate surface area is 125 Å². The number of H-pyrrole nitrogens is 2. The second-order valence-electron chi connectivity index (χ2n) is 4.80. The number of primary amides is 1. The number of hydrogen-bond acceptors (Lipinski definition) is 5. The van der Waals surface area contributed by atoms with Crippen LogP contribution in [0, 0.1) is 0 Å². The Morgan fingerprint density at radius 2 is 2.18 bits per heavy atom. The van der Waals surface area contributed by atoms with E-state index in [0.717, 1.165) is 11.0 Å². The van der Waals surface area contributed by atoms with Crippen molar-refractivity contribution in [2.24, 2.45) is 5.73 Å². The quantitative estimate of drug-likeness (QED) is 0.495. The van der Waals surface area contributed by atoms with Crippen molar-refractivity contribution in [3.8, 4) is 0 Å². The highest BCUT2D eigenvalue weighted by Gasteiger charge is 2.19. The molecule has 3 rings (SSSR count). The number of para-hydroxylation sites is 2. The Morgan fingerprint density at radius 3 is 2.86 bits per heavy atom. The zero-order valence-electron chi connectivity index (χ0n) is 11.5. The van der Waals surface area contributed by atoms with Crippen molar-refractivity contribution in [2.75, 3.05) is 5.32 Å². The SMILES string of the molecule is NC(=O)[C@H](Cc1c[nH]c(C=O)n1)Nc1nc2ccccc2[nH]1. The van der Waals surface area contributed by atoms with Crippen molar-refractivity contribution in [1.29, 1.82) is 0 Å². The Balaban J connectivity index is 1.78. The number of aldehydes is 1. The third-order valence-electron chi connectivity index (χ3n) is 3.22. The molecule has 22 heavy (non-hydrogen) atoms. The molecule has 0 unspecified atom stereocenters. The minimum Gasteiger partial charge on any atom is -0.368 e. The first kappa shape index (κ1) is 13.8. The van der Waals surface area contributed by atoms with Gasteiger partial charge in [0, 0.05) is 12.6 Å². The van der Waals surface area contributed by atoms with Crippen molar-refractivity contribution in [3.05, 3.63) is 42.0 Å². The number of hydrogen-bond donors (Lipinski definition) is 4. The minimum atomic E-state index is -0.691. The first-order valence-corrected chi connectivity index (χ1v) is 6.66. The molecule has 0 aliphatic rings. The second kappa shape index (κ2) is 5.68. The van der Waals surface area contributed by atoms with Crippen molar-refractivity contribution >= 4 is 29.2 Å². The molecule has 0 radical (unpaired) electrons.